The summed E-state index contributed by atoms with van der Waals surface area (Å²) in [5, 5.41) is 7.26. The van der Waals surface area contributed by atoms with Gasteiger partial charge in [-0.1, -0.05) is 24.4 Å². The van der Waals surface area contributed by atoms with Crippen LogP contribution in [-0.4, -0.2) is 16.3 Å². The average Bonchev–Trinajstić information content (AvgIpc) is 2.37. The Balaban J connectivity index is 2.59. The Labute approximate surface area is 118 Å². The van der Waals surface area contributed by atoms with Crippen LogP contribution in [-0.2, 0) is 0 Å². The Morgan fingerprint density at radius 3 is 2.53 bits per heavy atom. The molecule has 0 unspecified atom stereocenters. The number of nitrogens with zero attached hydrogens (tertiary/aromatic N) is 1. The molecule has 0 atom stereocenters. The molecule has 0 amide bonds. The minimum Gasteiger partial charge on any atom is -0.490 e. The molecule has 0 aliphatic carbocycles. The number of benzene rings is 1. The van der Waals surface area contributed by atoms with Crippen molar-refractivity contribution in [1.29, 1.82) is 0 Å². The zero-order valence-electron chi connectivity index (χ0n) is 11.7. The Morgan fingerprint density at radius 1 is 1.16 bits per heavy atom. The van der Waals surface area contributed by atoms with Crippen molar-refractivity contribution in [3.63, 3.8) is 0 Å². The molecule has 0 radical (unpaired) electrons. The summed E-state index contributed by atoms with van der Waals surface area (Å²) in [5.74, 6) is 0.845. The molecule has 0 spiro atoms. The minimum absolute atomic E-state index is 0.129. The van der Waals surface area contributed by atoms with E-state index >= 15 is 0 Å². The Hall–Kier alpha value is -1.68. The van der Waals surface area contributed by atoms with Crippen molar-refractivity contribution in [1.82, 2.24) is 10.2 Å². The van der Waals surface area contributed by atoms with Gasteiger partial charge in [-0.3, -0.25) is 5.10 Å². The van der Waals surface area contributed by atoms with E-state index in [1.54, 1.807) is 0 Å². The van der Waals surface area contributed by atoms with Crippen LogP contribution in [0, 0.1) is 18.5 Å². The monoisotopic (exact) mass is 274 g/mol. The third kappa shape index (κ3) is 2.84. The van der Waals surface area contributed by atoms with Crippen molar-refractivity contribution in [3.05, 3.63) is 40.0 Å². The predicted octanol–water partition coefficient (Wildman–Crippen LogP) is 4.21. The lowest BCUT2D eigenvalue weighted by atomic mass is 10.0. The molecule has 1 aromatic carbocycles. The van der Waals surface area contributed by atoms with Crippen molar-refractivity contribution in [3.8, 4) is 17.0 Å². The van der Waals surface area contributed by atoms with Crippen LogP contribution in [0.2, 0.25) is 0 Å². The number of hydrogen-bond acceptors (Lipinski definition) is 3. The molecular weight excluding hydrogens is 256 g/mol. The van der Waals surface area contributed by atoms with Gasteiger partial charge < -0.3 is 4.74 Å². The van der Waals surface area contributed by atoms with Crippen LogP contribution in [0.1, 0.15) is 25.0 Å². The van der Waals surface area contributed by atoms with Crippen molar-refractivity contribution in [2.24, 2.45) is 0 Å². The first-order valence-electron chi connectivity index (χ1n) is 6.32. The maximum atomic E-state index is 5.84. The van der Waals surface area contributed by atoms with Crippen molar-refractivity contribution in [2.75, 3.05) is 0 Å². The van der Waals surface area contributed by atoms with Crippen LogP contribution in [0.5, 0.6) is 5.75 Å². The fourth-order valence-corrected chi connectivity index (χ4v) is 2.10. The molecule has 0 aliphatic heterocycles. The van der Waals surface area contributed by atoms with Crippen LogP contribution in [0.3, 0.4) is 0 Å². The lowest BCUT2D eigenvalue weighted by molar-refractivity contribution is 0.243. The van der Waals surface area contributed by atoms with E-state index in [1.807, 2.05) is 52.0 Å². The van der Waals surface area contributed by atoms with Crippen LogP contribution in [0.15, 0.2) is 24.3 Å². The third-order valence-corrected chi connectivity index (χ3v) is 3.43. The molecule has 2 aromatic rings. The number of hydrogen-bond donors (Lipinski definition) is 1. The highest BCUT2D eigenvalue weighted by Gasteiger charge is 2.13. The van der Waals surface area contributed by atoms with Gasteiger partial charge in [-0.25, -0.2) is 0 Å². The number of rotatable bonds is 3. The molecule has 19 heavy (non-hydrogen) atoms. The molecule has 3 nitrogen and oxygen atoms in total. The van der Waals surface area contributed by atoms with Gasteiger partial charge in [0.2, 0.25) is 0 Å². The van der Waals surface area contributed by atoms with Crippen molar-refractivity contribution in [2.45, 2.75) is 33.8 Å². The molecule has 1 N–H and O–H groups in total. The second-order valence-electron chi connectivity index (χ2n) is 4.81. The SMILES string of the molecule is Cc1c(-c2ccccc2OC(C)C)n[nH]c(=S)c1C. The number of aromatic amines is 1. The highest BCUT2D eigenvalue weighted by Crippen LogP contribution is 2.31. The van der Waals surface area contributed by atoms with E-state index in [9.17, 15) is 0 Å². The van der Waals surface area contributed by atoms with Crippen LogP contribution >= 0.6 is 12.2 Å². The molecule has 0 aliphatic rings. The van der Waals surface area contributed by atoms with E-state index in [1.165, 1.54) is 0 Å². The summed E-state index contributed by atoms with van der Waals surface area (Å²) >= 11 is 5.20. The minimum atomic E-state index is 0.129. The molecule has 1 aromatic heterocycles. The largest absolute Gasteiger partial charge is 0.490 e. The van der Waals surface area contributed by atoms with E-state index in [4.69, 9.17) is 17.0 Å². The molecule has 0 saturated carbocycles. The first kappa shape index (κ1) is 13.7. The van der Waals surface area contributed by atoms with E-state index in [0.29, 0.717) is 4.64 Å². The molecule has 4 heteroatoms. The van der Waals surface area contributed by atoms with Gasteiger partial charge in [0.25, 0.3) is 0 Å². The molecule has 2 rings (SSSR count). The first-order valence-corrected chi connectivity index (χ1v) is 6.73. The Morgan fingerprint density at radius 2 is 1.84 bits per heavy atom. The summed E-state index contributed by atoms with van der Waals surface area (Å²) < 4.78 is 6.53. The third-order valence-electron chi connectivity index (χ3n) is 3.03. The van der Waals surface area contributed by atoms with Gasteiger partial charge in [-0.15, -0.1) is 0 Å². The topological polar surface area (TPSA) is 37.9 Å². The molecular formula is C15H18N2OS. The predicted molar refractivity (Wildman–Crippen MR) is 80.1 cm³/mol. The van der Waals surface area contributed by atoms with Crippen molar-refractivity contribution < 1.29 is 4.74 Å². The van der Waals surface area contributed by atoms with Gasteiger partial charge in [0.1, 0.15) is 10.4 Å². The summed E-state index contributed by atoms with van der Waals surface area (Å²) in [6.45, 7) is 8.07. The van der Waals surface area contributed by atoms with E-state index < -0.39 is 0 Å². The number of ether oxygens (including phenoxy) is 1. The molecule has 100 valence electrons. The highest BCUT2D eigenvalue weighted by atomic mass is 32.1. The summed E-state index contributed by atoms with van der Waals surface area (Å²) in [4.78, 5) is 0. The second kappa shape index (κ2) is 5.53. The van der Waals surface area contributed by atoms with Gasteiger partial charge in [0.15, 0.2) is 0 Å². The second-order valence-corrected chi connectivity index (χ2v) is 5.22. The van der Waals surface area contributed by atoms with Gasteiger partial charge in [-0.2, -0.15) is 5.10 Å². The fraction of sp³-hybridized carbons (Fsp3) is 0.333. The zero-order valence-corrected chi connectivity index (χ0v) is 12.5. The lowest BCUT2D eigenvalue weighted by Gasteiger charge is -2.15. The molecule has 0 bridgehead atoms. The smallest absolute Gasteiger partial charge is 0.129 e. The average molecular weight is 274 g/mol. The number of nitrogens with one attached hydrogen (secondary N) is 1. The van der Waals surface area contributed by atoms with Gasteiger partial charge >= 0.3 is 0 Å². The summed E-state index contributed by atoms with van der Waals surface area (Å²) in [7, 11) is 0. The quantitative estimate of drug-likeness (QED) is 0.852. The van der Waals surface area contributed by atoms with Gasteiger partial charge in [-0.05, 0) is 51.0 Å². The van der Waals surface area contributed by atoms with Crippen LogP contribution in [0.4, 0.5) is 0 Å². The summed E-state index contributed by atoms with van der Waals surface area (Å²) in [6, 6.07) is 7.94. The van der Waals surface area contributed by atoms with Gasteiger partial charge in [0, 0.05) is 5.56 Å². The number of para-hydroxylation sites is 1. The van der Waals surface area contributed by atoms with E-state index in [2.05, 4.69) is 10.2 Å². The summed E-state index contributed by atoms with van der Waals surface area (Å²) in [5.41, 5.74) is 4.02. The van der Waals surface area contributed by atoms with Gasteiger partial charge in [0.05, 0.1) is 11.8 Å². The standard InChI is InChI=1S/C15H18N2OS/c1-9(2)18-13-8-6-5-7-12(13)14-10(3)11(4)15(19)17-16-14/h5-9H,1-4H3,(H,17,19). The van der Waals surface area contributed by atoms with Crippen LogP contribution in [0.25, 0.3) is 11.3 Å². The lowest BCUT2D eigenvalue weighted by Crippen LogP contribution is -2.07. The maximum Gasteiger partial charge on any atom is 0.129 e. The Bertz CT molecular complexity index is 647. The van der Waals surface area contributed by atoms with Crippen molar-refractivity contribution >= 4 is 12.2 Å². The maximum absolute atomic E-state index is 5.84. The molecule has 1 heterocycles. The van der Waals surface area contributed by atoms with E-state index in [0.717, 1.165) is 28.1 Å². The number of aromatic nitrogens is 2. The summed E-state index contributed by atoms with van der Waals surface area (Å²) in [6.07, 6.45) is 0.129. The Kier molecular flexibility index (Phi) is 4.00. The van der Waals surface area contributed by atoms with Crippen LogP contribution < -0.4 is 4.74 Å². The highest BCUT2D eigenvalue weighted by molar-refractivity contribution is 7.71. The normalized spacial score (nSPS) is 10.8. The number of H-pyrrole nitrogens is 1. The molecule has 0 fully saturated rings. The zero-order chi connectivity index (χ0) is 14.0. The molecule has 0 saturated heterocycles. The first-order chi connectivity index (χ1) is 9.00. The fourth-order valence-electron chi connectivity index (χ4n) is 1.90. The van der Waals surface area contributed by atoms with E-state index in [-0.39, 0.29) is 6.10 Å².